The first kappa shape index (κ1) is 15.3. The van der Waals surface area contributed by atoms with Crippen LogP contribution in [0.1, 0.15) is 11.4 Å². The molecular formula is C16H12Cl3N3. The Kier molecular flexibility index (Phi) is 4.39. The molecule has 0 saturated heterocycles. The lowest BCUT2D eigenvalue weighted by Gasteiger charge is -2.01. The lowest BCUT2D eigenvalue weighted by Crippen LogP contribution is -2.00. The summed E-state index contributed by atoms with van der Waals surface area (Å²) in [4.78, 5) is 4.57. The van der Waals surface area contributed by atoms with Crippen molar-refractivity contribution in [2.75, 3.05) is 0 Å². The van der Waals surface area contributed by atoms with Crippen molar-refractivity contribution >= 4 is 34.8 Å². The summed E-state index contributed by atoms with van der Waals surface area (Å²) in [5.41, 5.74) is 1.76. The Balaban J connectivity index is 1.96. The Hall–Kier alpha value is -1.55. The highest BCUT2D eigenvalue weighted by atomic mass is 35.5. The largest absolute Gasteiger partial charge is 0.252 e. The zero-order valence-corrected chi connectivity index (χ0v) is 14.0. The molecule has 22 heavy (non-hydrogen) atoms. The molecule has 0 aliphatic heterocycles. The maximum atomic E-state index is 6.21. The van der Waals surface area contributed by atoms with Gasteiger partial charge in [0.05, 0.1) is 15.6 Å². The summed E-state index contributed by atoms with van der Waals surface area (Å²) in [5.74, 6) is 1.36. The highest BCUT2D eigenvalue weighted by Crippen LogP contribution is 2.32. The van der Waals surface area contributed by atoms with Gasteiger partial charge in [-0.3, -0.25) is 4.68 Å². The van der Waals surface area contributed by atoms with Gasteiger partial charge in [0.2, 0.25) is 0 Å². The van der Waals surface area contributed by atoms with Crippen LogP contribution >= 0.6 is 34.8 Å². The molecule has 0 spiro atoms. The average molecular weight is 353 g/mol. The van der Waals surface area contributed by atoms with E-state index >= 15 is 0 Å². The van der Waals surface area contributed by atoms with E-state index in [1.54, 1.807) is 22.9 Å². The smallest absolute Gasteiger partial charge is 0.184 e. The van der Waals surface area contributed by atoms with Crippen LogP contribution in [0.3, 0.4) is 0 Å². The SMILES string of the molecule is Cn1nc(-c2c(Cl)cccc2Cl)nc1Cc1ccc(Cl)cc1. The summed E-state index contributed by atoms with van der Waals surface area (Å²) in [7, 11) is 1.85. The van der Waals surface area contributed by atoms with Crippen molar-refractivity contribution < 1.29 is 0 Å². The second-order valence-electron chi connectivity index (χ2n) is 4.88. The second kappa shape index (κ2) is 6.29. The molecule has 0 aliphatic carbocycles. The predicted octanol–water partition coefficient (Wildman–Crippen LogP) is 5.03. The standard InChI is InChI=1S/C16H12Cl3N3/c1-22-14(9-10-5-7-11(17)8-6-10)20-16(21-22)15-12(18)3-2-4-13(15)19/h2-8H,9H2,1H3. The Bertz CT molecular complexity index is 790. The van der Waals surface area contributed by atoms with E-state index in [1.165, 1.54) is 0 Å². The fraction of sp³-hybridized carbons (Fsp3) is 0.125. The predicted molar refractivity (Wildman–Crippen MR) is 90.7 cm³/mol. The normalized spacial score (nSPS) is 10.9. The minimum Gasteiger partial charge on any atom is -0.252 e. The van der Waals surface area contributed by atoms with Crippen molar-refractivity contribution in [1.29, 1.82) is 0 Å². The number of rotatable bonds is 3. The maximum absolute atomic E-state index is 6.21. The number of hydrogen-bond donors (Lipinski definition) is 0. The third-order valence-electron chi connectivity index (χ3n) is 3.32. The third-order valence-corrected chi connectivity index (χ3v) is 4.20. The van der Waals surface area contributed by atoms with Crippen molar-refractivity contribution in [3.63, 3.8) is 0 Å². The minimum atomic E-state index is 0.530. The molecule has 0 unspecified atom stereocenters. The van der Waals surface area contributed by atoms with Crippen LogP contribution in [-0.4, -0.2) is 14.8 Å². The van der Waals surface area contributed by atoms with Crippen molar-refractivity contribution in [3.8, 4) is 11.4 Å². The van der Waals surface area contributed by atoms with Gasteiger partial charge in [-0.1, -0.05) is 53.0 Å². The molecule has 1 heterocycles. The van der Waals surface area contributed by atoms with Crippen LogP contribution in [0.5, 0.6) is 0 Å². The lowest BCUT2D eigenvalue weighted by molar-refractivity contribution is 0.717. The van der Waals surface area contributed by atoms with Crippen LogP contribution in [0.2, 0.25) is 15.1 Å². The van der Waals surface area contributed by atoms with Crippen molar-refractivity contribution in [1.82, 2.24) is 14.8 Å². The Morgan fingerprint density at radius 3 is 2.23 bits per heavy atom. The monoisotopic (exact) mass is 351 g/mol. The summed E-state index contributed by atoms with van der Waals surface area (Å²) in [6, 6.07) is 13.0. The molecule has 6 heteroatoms. The zero-order chi connectivity index (χ0) is 15.7. The number of benzene rings is 2. The van der Waals surface area contributed by atoms with E-state index in [4.69, 9.17) is 34.8 Å². The van der Waals surface area contributed by atoms with Crippen LogP contribution in [0.25, 0.3) is 11.4 Å². The summed E-state index contributed by atoms with van der Waals surface area (Å²) in [5, 5.41) is 6.22. The summed E-state index contributed by atoms with van der Waals surface area (Å²) in [6.45, 7) is 0. The van der Waals surface area contributed by atoms with Crippen LogP contribution in [0.15, 0.2) is 42.5 Å². The first-order valence-corrected chi connectivity index (χ1v) is 7.76. The lowest BCUT2D eigenvalue weighted by atomic mass is 10.1. The van der Waals surface area contributed by atoms with Crippen LogP contribution in [0.4, 0.5) is 0 Å². The molecule has 1 aromatic heterocycles. The molecule has 0 atom stereocenters. The number of hydrogen-bond acceptors (Lipinski definition) is 2. The van der Waals surface area contributed by atoms with Crippen LogP contribution in [-0.2, 0) is 13.5 Å². The van der Waals surface area contributed by atoms with Gasteiger partial charge in [0.1, 0.15) is 5.82 Å². The van der Waals surface area contributed by atoms with Gasteiger partial charge in [-0.15, -0.1) is 0 Å². The van der Waals surface area contributed by atoms with Crippen LogP contribution < -0.4 is 0 Å². The second-order valence-corrected chi connectivity index (χ2v) is 6.13. The van der Waals surface area contributed by atoms with E-state index in [0.29, 0.717) is 32.9 Å². The van der Waals surface area contributed by atoms with E-state index in [2.05, 4.69) is 10.1 Å². The average Bonchev–Trinajstić information content (AvgIpc) is 2.82. The highest BCUT2D eigenvalue weighted by Gasteiger charge is 2.15. The van der Waals surface area contributed by atoms with Gasteiger partial charge >= 0.3 is 0 Å². The maximum Gasteiger partial charge on any atom is 0.184 e. The summed E-state index contributed by atoms with van der Waals surface area (Å²) >= 11 is 18.3. The van der Waals surface area contributed by atoms with E-state index in [0.717, 1.165) is 11.4 Å². The molecule has 3 nitrogen and oxygen atoms in total. The van der Waals surface area contributed by atoms with Crippen LogP contribution in [0, 0.1) is 0 Å². The zero-order valence-electron chi connectivity index (χ0n) is 11.7. The summed E-state index contributed by atoms with van der Waals surface area (Å²) < 4.78 is 1.74. The molecule has 3 rings (SSSR count). The van der Waals surface area contributed by atoms with Gasteiger partial charge in [-0.05, 0) is 29.8 Å². The Morgan fingerprint density at radius 2 is 1.59 bits per heavy atom. The van der Waals surface area contributed by atoms with Gasteiger partial charge in [-0.25, -0.2) is 4.98 Å². The first-order chi connectivity index (χ1) is 10.5. The molecule has 0 saturated carbocycles. The molecule has 0 bridgehead atoms. The number of halogens is 3. The van der Waals surface area contributed by atoms with Crippen molar-refractivity contribution in [2.45, 2.75) is 6.42 Å². The van der Waals surface area contributed by atoms with E-state index in [-0.39, 0.29) is 0 Å². The highest BCUT2D eigenvalue weighted by molar-refractivity contribution is 6.38. The first-order valence-electron chi connectivity index (χ1n) is 6.63. The number of aryl methyl sites for hydroxylation is 1. The number of nitrogens with zero attached hydrogens (tertiary/aromatic N) is 3. The minimum absolute atomic E-state index is 0.530. The van der Waals surface area contributed by atoms with Crippen molar-refractivity contribution in [3.05, 3.63) is 68.9 Å². The van der Waals surface area contributed by atoms with Gasteiger partial charge in [-0.2, -0.15) is 5.10 Å². The van der Waals surface area contributed by atoms with Gasteiger partial charge < -0.3 is 0 Å². The number of aromatic nitrogens is 3. The Morgan fingerprint density at radius 1 is 0.955 bits per heavy atom. The molecule has 0 radical (unpaired) electrons. The summed E-state index contributed by atoms with van der Waals surface area (Å²) in [6.07, 6.45) is 0.655. The molecule has 3 aromatic rings. The molecule has 112 valence electrons. The fourth-order valence-corrected chi connectivity index (χ4v) is 2.87. The quantitative estimate of drug-likeness (QED) is 0.661. The Labute approximate surface area is 143 Å². The van der Waals surface area contributed by atoms with Gasteiger partial charge in [0, 0.05) is 18.5 Å². The van der Waals surface area contributed by atoms with E-state index < -0.39 is 0 Å². The van der Waals surface area contributed by atoms with Gasteiger partial charge in [0.25, 0.3) is 0 Å². The van der Waals surface area contributed by atoms with E-state index in [9.17, 15) is 0 Å². The molecule has 2 aromatic carbocycles. The molecule has 0 fully saturated rings. The molecule has 0 aliphatic rings. The third kappa shape index (κ3) is 3.12. The molecular weight excluding hydrogens is 341 g/mol. The van der Waals surface area contributed by atoms with Crippen molar-refractivity contribution in [2.24, 2.45) is 7.05 Å². The topological polar surface area (TPSA) is 30.7 Å². The fourth-order valence-electron chi connectivity index (χ4n) is 2.17. The molecule has 0 N–H and O–H groups in total. The molecule has 0 amide bonds. The van der Waals surface area contributed by atoms with E-state index in [1.807, 2.05) is 31.3 Å². The van der Waals surface area contributed by atoms with Gasteiger partial charge in [0.15, 0.2) is 5.82 Å².